The molecular weight excluding hydrogens is 212 g/mol. The zero-order chi connectivity index (χ0) is 11.8. The van der Waals surface area contributed by atoms with Gasteiger partial charge in [-0.05, 0) is 38.0 Å². The molecule has 0 atom stereocenters. The predicted molar refractivity (Wildman–Crippen MR) is 68.0 cm³/mol. The molecule has 0 aliphatic heterocycles. The van der Waals surface area contributed by atoms with Gasteiger partial charge in [0.25, 0.3) is 5.91 Å². The van der Waals surface area contributed by atoms with E-state index in [1.807, 2.05) is 42.3 Å². The minimum absolute atomic E-state index is 0.167. The van der Waals surface area contributed by atoms with Gasteiger partial charge in [0, 0.05) is 35.2 Å². The minimum Gasteiger partial charge on any atom is -0.361 e. The Bertz CT molecular complexity index is 554. The third kappa shape index (κ3) is 1.71. The number of aromatic nitrogens is 1. The summed E-state index contributed by atoms with van der Waals surface area (Å²) >= 11 is 0. The molecule has 3 heteroatoms. The van der Waals surface area contributed by atoms with Crippen molar-refractivity contribution in [1.82, 2.24) is 9.88 Å². The number of nitrogens with zero attached hydrogens (tertiary/aromatic N) is 1. The maximum atomic E-state index is 12.5. The monoisotopic (exact) mass is 228 g/mol. The molecule has 0 saturated heterocycles. The number of amides is 1. The second-order valence-electron chi connectivity index (χ2n) is 4.57. The van der Waals surface area contributed by atoms with Gasteiger partial charge in [-0.3, -0.25) is 4.79 Å². The van der Waals surface area contributed by atoms with Crippen LogP contribution in [0.3, 0.4) is 0 Å². The fraction of sp³-hybridized carbons (Fsp3) is 0.357. The average molecular weight is 228 g/mol. The van der Waals surface area contributed by atoms with Gasteiger partial charge in [0.05, 0.1) is 0 Å². The minimum atomic E-state index is 0.167. The summed E-state index contributed by atoms with van der Waals surface area (Å²) in [4.78, 5) is 17.6. The van der Waals surface area contributed by atoms with Crippen molar-refractivity contribution in [2.45, 2.75) is 25.8 Å². The average Bonchev–Trinajstić information content (AvgIpc) is 3.06. The van der Waals surface area contributed by atoms with E-state index in [0.29, 0.717) is 6.04 Å². The van der Waals surface area contributed by atoms with Crippen LogP contribution in [-0.2, 0) is 0 Å². The molecule has 1 heterocycles. The van der Waals surface area contributed by atoms with Gasteiger partial charge in [-0.2, -0.15) is 0 Å². The lowest BCUT2D eigenvalue weighted by Crippen LogP contribution is -2.32. The lowest BCUT2D eigenvalue weighted by Gasteiger charge is -2.20. The van der Waals surface area contributed by atoms with Crippen molar-refractivity contribution in [2.24, 2.45) is 0 Å². The largest absolute Gasteiger partial charge is 0.361 e. The Morgan fingerprint density at radius 2 is 2.24 bits per heavy atom. The Kier molecular flexibility index (Phi) is 2.39. The van der Waals surface area contributed by atoms with Crippen LogP contribution in [0.4, 0.5) is 0 Å². The molecule has 88 valence electrons. The zero-order valence-corrected chi connectivity index (χ0v) is 9.94. The molecule has 1 fully saturated rings. The Morgan fingerprint density at radius 3 is 2.94 bits per heavy atom. The summed E-state index contributed by atoms with van der Waals surface area (Å²) in [5.41, 5.74) is 1.85. The maximum Gasteiger partial charge on any atom is 0.254 e. The summed E-state index contributed by atoms with van der Waals surface area (Å²) in [6, 6.07) is 8.31. The van der Waals surface area contributed by atoms with Crippen LogP contribution in [0.1, 0.15) is 30.1 Å². The highest BCUT2D eigenvalue weighted by Gasteiger charge is 2.32. The fourth-order valence-electron chi connectivity index (χ4n) is 2.38. The first-order valence-corrected chi connectivity index (χ1v) is 6.18. The van der Waals surface area contributed by atoms with Crippen molar-refractivity contribution in [2.75, 3.05) is 6.54 Å². The van der Waals surface area contributed by atoms with Crippen molar-refractivity contribution in [1.29, 1.82) is 0 Å². The SMILES string of the molecule is CCN(C(=O)c1cccc2[nH]ccc12)C1CC1. The third-order valence-electron chi connectivity index (χ3n) is 3.41. The van der Waals surface area contributed by atoms with E-state index in [2.05, 4.69) is 4.98 Å². The summed E-state index contributed by atoms with van der Waals surface area (Å²) in [6.45, 7) is 2.85. The van der Waals surface area contributed by atoms with Gasteiger partial charge in [-0.15, -0.1) is 0 Å². The highest BCUT2D eigenvalue weighted by atomic mass is 16.2. The highest BCUT2D eigenvalue weighted by molar-refractivity contribution is 6.06. The predicted octanol–water partition coefficient (Wildman–Crippen LogP) is 2.79. The summed E-state index contributed by atoms with van der Waals surface area (Å²) in [5, 5.41) is 1.02. The van der Waals surface area contributed by atoms with Gasteiger partial charge in [-0.1, -0.05) is 6.07 Å². The molecule has 1 aromatic carbocycles. The van der Waals surface area contributed by atoms with E-state index in [1.165, 1.54) is 0 Å². The van der Waals surface area contributed by atoms with Crippen molar-refractivity contribution in [3.63, 3.8) is 0 Å². The van der Waals surface area contributed by atoms with Crippen LogP contribution < -0.4 is 0 Å². The summed E-state index contributed by atoms with van der Waals surface area (Å²) in [7, 11) is 0. The van der Waals surface area contributed by atoms with Crippen LogP contribution in [0.15, 0.2) is 30.5 Å². The Morgan fingerprint density at radius 1 is 1.41 bits per heavy atom. The van der Waals surface area contributed by atoms with E-state index in [0.717, 1.165) is 35.9 Å². The highest BCUT2D eigenvalue weighted by Crippen LogP contribution is 2.29. The van der Waals surface area contributed by atoms with Crippen LogP contribution in [0.25, 0.3) is 10.9 Å². The number of benzene rings is 1. The quantitative estimate of drug-likeness (QED) is 0.861. The van der Waals surface area contributed by atoms with Gasteiger partial charge in [0.1, 0.15) is 0 Å². The summed E-state index contributed by atoms with van der Waals surface area (Å²) in [5.74, 6) is 0.167. The standard InChI is InChI=1S/C14H16N2O/c1-2-16(10-6-7-10)14(17)12-4-3-5-13-11(12)8-9-15-13/h3-5,8-10,15H,2,6-7H2,1H3. The van der Waals surface area contributed by atoms with Crippen molar-refractivity contribution in [3.05, 3.63) is 36.0 Å². The van der Waals surface area contributed by atoms with Gasteiger partial charge in [-0.25, -0.2) is 0 Å². The number of fused-ring (bicyclic) bond motifs is 1. The first-order chi connectivity index (χ1) is 8.31. The first kappa shape index (κ1) is 10.4. The summed E-state index contributed by atoms with van der Waals surface area (Å²) < 4.78 is 0. The number of hydrogen-bond donors (Lipinski definition) is 1. The third-order valence-corrected chi connectivity index (χ3v) is 3.41. The Balaban J connectivity index is 2.02. The molecule has 0 radical (unpaired) electrons. The number of carbonyl (C=O) groups excluding carboxylic acids is 1. The second kappa shape index (κ2) is 3.91. The van der Waals surface area contributed by atoms with Crippen LogP contribution in [0, 0.1) is 0 Å². The first-order valence-electron chi connectivity index (χ1n) is 6.18. The van der Waals surface area contributed by atoms with E-state index in [9.17, 15) is 4.79 Å². The Labute approximate surface area is 100 Å². The van der Waals surface area contributed by atoms with Gasteiger partial charge < -0.3 is 9.88 Å². The number of hydrogen-bond acceptors (Lipinski definition) is 1. The molecule has 1 aromatic heterocycles. The number of rotatable bonds is 3. The Hall–Kier alpha value is -1.77. The van der Waals surface area contributed by atoms with E-state index in [1.54, 1.807) is 0 Å². The van der Waals surface area contributed by atoms with Crippen LogP contribution in [-0.4, -0.2) is 28.4 Å². The molecule has 1 amide bonds. The molecule has 0 spiro atoms. The van der Waals surface area contributed by atoms with Crippen molar-refractivity contribution < 1.29 is 4.79 Å². The summed E-state index contributed by atoms with van der Waals surface area (Å²) in [6.07, 6.45) is 4.19. The van der Waals surface area contributed by atoms with Crippen LogP contribution >= 0.6 is 0 Å². The second-order valence-corrected chi connectivity index (χ2v) is 4.57. The normalized spacial score (nSPS) is 15.1. The van der Waals surface area contributed by atoms with E-state index >= 15 is 0 Å². The molecule has 0 bridgehead atoms. The van der Waals surface area contributed by atoms with Crippen LogP contribution in [0.2, 0.25) is 0 Å². The van der Waals surface area contributed by atoms with Gasteiger partial charge >= 0.3 is 0 Å². The number of aromatic amines is 1. The lowest BCUT2D eigenvalue weighted by atomic mass is 10.1. The zero-order valence-electron chi connectivity index (χ0n) is 9.94. The molecule has 3 nitrogen and oxygen atoms in total. The molecule has 0 unspecified atom stereocenters. The van der Waals surface area contributed by atoms with Gasteiger partial charge in [0.2, 0.25) is 0 Å². The molecule has 2 aromatic rings. The smallest absolute Gasteiger partial charge is 0.254 e. The molecule has 1 aliphatic carbocycles. The molecule has 1 saturated carbocycles. The van der Waals surface area contributed by atoms with Crippen molar-refractivity contribution >= 4 is 16.8 Å². The lowest BCUT2D eigenvalue weighted by molar-refractivity contribution is 0.0754. The molecule has 3 rings (SSSR count). The molecule has 17 heavy (non-hydrogen) atoms. The molecule has 1 N–H and O–H groups in total. The maximum absolute atomic E-state index is 12.5. The number of H-pyrrole nitrogens is 1. The van der Waals surface area contributed by atoms with E-state index in [-0.39, 0.29) is 5.91 Å². The number of nitrogens with one attached hydrogen (secondary N) is 1. The van der Waals surface area contributed by atoms with E-state index in [4.69, 9.17) is 0 Å². The number of carbonyl (C=O) groups is 1. The van der Waals surface area contributed by atoms with Crippen molar-refractivity contribution in [3.8, 4) is 0 Å². The molecule has 1 aliphatic rings. The van der Waals surface area contributed by atoms with E-state index < -0.39 is 0 Å². The van der Waals surface area contributed by atoms with Gasteiger partial charge in [0.15, 0.2) is 0 Å². The topological polar surface area (TPSA) is 36.1 Å². The molecular formula is C14H16N2O. The fourth-order valence-corrected chi connectivity index (χ4v) is 2.38. The van der Waals surface area contributed by atoms with Crippen LogP contribution in [0.5, 0.6) is 0 Å².